The number of hydrogen-bond acceptors (Lipinski definition) is 2. The molecule has 0 aromatic heterocycles. The molecule has 21 heavy (non-hydrogen) atoms. The smallest absolute Gasteiger partial charge is 0.247 e. The molecule has 0 saturated carbocycles. The molecule has 0 unspecified atom stereocenters. The second-order valence-electron chi connectivity index (χ2n) is 6.63. The highest BCUT2D eigenvalue weighted by Gasteiger charge is 2.53. The third-order valence-corrected chi connectivity index (χ3v) is 5.06. The first kappa shape index (κ1) is 14.9. The van der Waals surface area contributed by atoms with Gasteiger partial charge in [0, 0.05) is 13.1 Å². The van der Waals surface area contributed by atoms with Crippen molar-refractivity contribution in [3.63, 3.8) is 0 Å². The van der Waals surface area contributed by atoms with Crippen molar-refractivity contribution in [2.45, 2.75) is 38.6 Å². The lowest BCUT2D eigenvalue weighted by Crippen LogP contribution is -2.51. The van der Waals surface area contributed by atoms with Crippen molar-refractivity contribution in [3.05, 3.63) is 29.3 Å². The van der Waals surface area contributed by atoms with Crippen LogP contribution in [0.4, 0.5) is 5.69 Å². The van der Waals surface area contributed by atoms with Gasteiger partial charge in [-0.05, 0) is 43.9 Å². The molecule has 1 aromatic carbocycles. The molecule has 2 aliphatic rings. The largest absolute Gasteiger partial charge is 0.309 e. The Morgan fingerprint density at radius 3 is 2.71 bits per heavy atom. The van der Waals surface area contributed by atoms with Gasteiger partial charge in [0.05, 0.1) is 10.7 Å². The summed E-state index contributed by atoms with van der Waals surface area (Å²) in [6.45, 7) is 7.26. The van der Waals surface area contributed by atoms with Crippen LogP contribution in [0.3, 0.4) is 0 Å². The first-order valence-electron chi connectivity index (χ1n) is 7.86. The van der Waals surface area contributed by atoms with Crippen molar-refractivity contribution < 1.29 is 4.79 Å². The van der Waals surface area contributed by atoms with Gasteiger partial charge < -0.3 is 4.90 Å². The highest BCUT2D eigenvalue weighted by Crippen LogP contribution is 2.42. The van der Waals surface area contributed by atoms with E-state index in [2.05, 4.69) is 18.7 Å². The van der Waals surface area contributed by atoms with E-state index in [9.17, 15) is 4.79 Å². The Bertz CT molecular complexity index is 545. The lowest BCUT2D eigenvalue weighted by atomic mass is 9.93. The summed E-state index contributed by atoms with van der Waals surface area (Å²) in [5.41, 5.74) is 0.584. The lowest BCUT2D eigenvalue weighted by molar-refractivity contribution is -0.126. The van der Waals surface area contributed by atoms with Crippen LogP contribution in [0.1, 0.15) is 33.1 Å². The first-order valence-corrected chi connectivity index (χ1v) is 8.24. The van der Waals surface area contributed by atoms with Gasteiger partial charge in [0.2, 0.25) is 5.91 Å². The van der Waals surface area contributed by atoms with E-state index in [0.717, 1.165) is 44.6 Å². The second kappa shape index (κ2) is 5.62. The van der Waals surface area contributed by atoms with Gasteiger partial charge >= 0.3 is 0 Å². The molecule has 0 aliphatic carbocycles. The molecule has 114 valence electrons. The summed E-state index contributed by atoms with van der Waals surface area (Å²) in [6.07, 6.45) is 3.03. The SMILES string of the molecule is CC(C)CN1CCC[C@@]12CCN(c1ccccc1Cl)C2=O. The van der Waals surface area contributed by atoms with Crippen molar-refractivity contribution >= 4 is 23.2 Å². The first-order chi connectivity index (χ1) is 10.0. The monoisotopic (exact) mass is 306 g/mol. The van der Waals surface area contributed by atoms with Gasteiger partial charge in [0.15, 0.2) is 0 Å². The van der Waals surface area contributed by atoms with Crippen molar-refractivity contribution in [3.8, 4) is 0 Å². The number of likely N-dealkylation sites (tertiary alicyclic amines) is 1. The van der Waals surface area contributed by atoms with Crippen molar-refractivity contribution in [2.24, 2.45) is 5.92 Å². The molecular weight excluding hydrogens is 284 g/mol. The van der Waals surface area contributed by atoms with Gasteiger partial charge in [-0.25, -0.2) is 0 Å². The second-order valence-corrected chi connectivity index (χ2v) is 7.04. The van der Waals surface area contributed by atoms with E-state index in [1.165, 1.54) is 0 Å². The molecule has 1 atom stereocenters. The number of carbonyl (C=O) groups excluding carboxylic acids is 1. The Morgan fingerprint density at radius 1 is 1.24 bits per heavy atom. The van der Waals surface area contributed by atoms with E-state index < -0.39 is 0 Å². The highest BCUT2D eigenvalue weighted by molar-refractivity contribution is 6.34. The number of benzene rings is 1. The number of anilines is 1. The molecule has 0 N–H and O–H groups in total. The predicted octanol–water partition coefficient (Wildman–Crippen LogP) is 3.57. The fourth-order valence-corrected chi connectivity index (χ4v) is 4.06. The summed E-state index contributed by atoms with van der Waals surface area (Å²) >= 11 is 6.28. The molecule has 3 rings (SSSR count). The molecular formula is C17H23ClN2O. The Morgan fingerprint density at radius 2 is 2.00 bits per heavy atom. The third kappa shape index (κ3) is 2.47. The molecule has 2 aliphatic heterocycles. The van der Waals surface area contributed by atoms with E-state index in [1.54, 1.807) is 0 Å². The average Bonchev–Trinajstić information content (AvgIpc) is 2.98. The van der Waals surface area contributed by atoms with Crippen LogP contribution in [0.5, 0.6) is 0 Å². The minimum absolute atomic E-state index is 0.244. The van der Waals surface area contributed by atoms with E-state index in [-0.39, 0.29) is 11.4 Å². The molecule has 2 fully saturated rings. The maximum absolute atomic E-state index is 13.1. The van der Waals surface area contributed by atoms with Gasteiger partial charge in [-0.3, -0.25) is 9.69 Å². The van der Waals surface area contributed by atoms with Crippen LogP contribution in [0.2, 0.25) is 5.02 Å². The van der Waals surface area contributed by atoms with Crippen LogP contribution in [-0.4, -0.2) is 36.0 Å². The molecule has 1 aromatic rings. The average molecular weight is 307 g/mol. The predicted molar refractivity (Wildman–Crippen MR) is 86.8 cm³/mol. The summed E-state index contributed by atoms with van der Waals surface area (Å²) in [7, 11) is 0. The normalized spacial score (nSPS) is 26.5. The number of halogens is 1. The summed E-state index contributed by atoms with van der Waals surface area (Å²) in [4.78, 5) is 17.4. The Hall–Kier alpha value is -1.06. The fourth-order valence-electron chi connectivity index (χ4n) is 3.82. The fraction of sp³-hybridized carbons (Fsp3) is 0.588. The summed E-state index contributed by atoms with van der Waals surface area (Å²) in [5.74, 6) is 0.830. The number of nitrogens with zero attached hydrogens (tertiary/aromatic N) is 2. The van der Waals surface area contributed by atoms with Crippen molar-refractivity contribution in [1.82, 2.24) is 4.90 Å². The van der Waals surface area contributed by atoms with Crippen LogP contribution in [0.25, 0.3) is 0 Å². The van der Waals surface area contributed by atoms with Crippen LogP contribution >= 0.6 is 11.6 Å². The quantitative estimate of drug-likeness (QED) is 0.852. The van der Waals surface area contributed by atoms with E-state index in [0.29, 0.717) is 10.9 Å². The standard InChI is InChI=1S/C17H23ClN2O/c1-13(2)12-19-10-5-8-17(19)9-11-20(16(17)21)15-7-4-3-6-14(15)18/h3-4,6-7,13H,5,8-12H2,1-2H3/t17-/m0/s1. The topological polar surface area (TPSA) is 23.6 Å². The Labute approximate surface area is 131 Å². The van der Waals surface area contributed by atoms with Gasteiger partial charge in [-0.2, -0.15) is 0 Å². The molecule has 1 spiro atoms. The van der Waals surface area contributed by atoms with Crippen LogP contribution < -0.4 is 4.90 Å². The molecule has 4 heteroatoms. The van der Waals surface area contributed by atoms with E-state index in [1.807, 2.05) is 29.2 Å². The molecule has 3 nitrogen and oxygen atoms in total. The number of hydrogen-bond donors (Lipinski definition) is 0. The van der Waals surface area contributed by atoms with Crippen LogP contribution in [-0.2, 0) is 4.79 Å². The minimum Gasteiger partial charge on any atom is -0.309 e. The number of rotatable bonds is 3. The van der Waals surface area contributed by atoms with Crippen LogP contribution in [0.15, 0.2) is 24.3 Å². The van der Waals surface area contributed by atoms with Gasteiger partial charge in [-0.15, -0.1) is 0 Å². The lowest BCUT2D eigenvalue weighted by Gasteiger charge is -2.34. The van der Waals surface area contributed by atoms with Crippen LogP contribution in [0, 0.1) is 5.92 Å². The number of amides is 1. The summed E-state index contributed by atoms with van der Waals surface area (Å²) in [6, 6.07) is 7.65. The zero-order chi connectivity index (χ0) is 15.0. The molecule has 2 saturated heterocycles. The Kier molecular flexibility index (Phi) is 3.98. The van der Waals surface area contributed by atoms with Gasteiger partial charge in [-0.1, -0.05) is 37.6 Å². The Balaban J connectivity index is 1.88. The van der Waals surface area contributed by atoms with Crippen molar-refractivity contribution in [1.29, 1.82) is 0 Å². The van der Waals surface area contributed by atoms with E-state index >= 15 is 0 Å². The van der Waals surface area contributed by atoms with Crippen molar-refractivity contribution in [2.75, 3.05) is 24.5 Å². The molecule has 0 radical (unpaired) electrons. The molecule has 1 amide bonds. The summed E-state index contributed by atoms with van der Waals surface area (Å²) < 4.78 is 0. The molecule has 2 heterocycles. The maximum Gasteiger partial charge on any atom is 0.247 e. The molecule has 0 bridgehead atoms. The minimum atomic E-state index is -0.274. The number of carbonyl (C=O) groups is 1. The highest BCUT2D eigenvalue weighted by atomic mass is 35.5. The van der Waals surface area contributed by atoms with Gasteiger partial charge in [0.25, 0.3) is 0 Å². The van der Waals surface area contributed by atoms with Gasteiger partial charge in [0.1, 0.15) is 5.54 Å². The number of para-hydroxylation sites is 1. The zero-order valence-corrected chi connectivity index (χ0v) is 13.6. The summed E-state index contributed by atoms with van der Waals surface area (Å²) in [5, 5.41) is 0.663. The van der Waals surface area contributed by atoms with E-state index in [4.69, 9.17) is 11.6 Å². The zero-order valence-electron chi connectivity index (χ0n) is 12.8. The maximum atomic E-state index is 13.1. The third-order valence-electron chi connectivity index (χ3n) is 4.74.